The standard InChI is InChI=1S/C27H31BrN2O2/c1-5-20(15-21-14-17(2)9-10-18(21)3)26-25(23-12-11-22(28)16-24(23)30-26)27(32)29-13-7-6-8-19(4)31/h9-12,14-16,30H,5-8,13H2,1-4H3,(H,29,32)/b20-15+. The molecule has 0 aliphatic carbocycles. The van der Waals surface area contributed by atoms with E-state index in [9.17, 15) is 9.59 Å². The normalized spacial score (nSPS) is 11.7. The molecule has 0 aliphatic rings. The summed E-state index contributed by atoms with van der Waals surface area (Å²) >= 11 is 3.54. The van der Waals surface area contributed by atoms with Crippen LogP contribution in [0, 0.1) is 13.8 Å². The van der Waals surface area contributed by atoms with Crippen molar-refractivity contribution < 1.29 is 9.59 Å². The number of halogens is 1. The van der Waals surface area contributed by atoms with Crippen molar-refractivity contribution in [3.05, 3.63) is 68.8 Å². The smallest absolute Gasteiger partial charge is 0.254 e. The molecule has 0 spiro atoms. The largest absolute Gasteiger partial charge is 0.354 e. The number of aryl methyl sites for hydroxylation is 2. The quantitative estimate of drug-likeness (QED) is 0.315. The molecule has 0 atom stereocenters. The van der Waals surface area contributed by atoms with E-state index in [0.717, 1.165) is 51.5 Å². The highest BCUT2D eigenvalue weighted by Gasteiger charge is 2.20. The lowest BCUT2D eigenvalue weighted by Gasteiger charge is -2.10. The number of fused-ring (bicyclic) bond motifs is 1. The minimum absolute atomic E-state index is 0.0864. The molecule has 1 heterocycles. The Morgan fingerprint density at radius 3 is 2.59 bits per heavy atom. The minimum Gasteiger partial charge on any atom is -0.354 e. The van der Waals surface area contributed by atoms with E-state index < -0.39 is 0 Å². The molecule has 1 aromatic heterocycles. The van der Waals surface area contributed by atoms with Crippen molar-refractivity contribution >= 4 is 50.2 Å². The molecule has 0 aliphatic heterocycles. The first-order chi connectivity index (χ1) is 15.3. The van der Waals surface area contributed by atoms with Gasteiger partial charge in [-0.15, -0.1) is 0 Å². The Morgan fingerprint density at radius 1 is 1.09 bits per heavy atom. The van der Waals surface area contributed by atoms with Crippen LogP contribution in [0.1, 0.15) is 72.3 Å². The van der Waals surface area contributed by atoms with Gasteiger partial charge < -0.3 is 15.1 Å². The number of amides is 1. The Balaban J connectivity index is 2.00. The number of benzene rings is 2. The fourth-order valence-corrected chi connectivity index (χ4v) is 4.25. The first kappa shape index (κ1) is 24.0. The Bertz CT molecular complexity index is 1170. The molecule has 5 heteroatoms. The molecule has 3 rings (SSSR count). The van der Waals surface area contributed by atoms with Crippen molar-refractivity contribution in [1.29, 1.82) is 0 Å². The third kappa shape index (κ3) is 5.77. The van der Waals surface area contributed by atoms with Crippen molar-refractivity contribution in [2.45, 2.75) is 53.4 Å². The van der Waals surface area contributed by atoms with Crippen LogP contribution in [0.15, 0.2) is 40.9 Å². The van der Waals surface area contributed by atoms with E-state index in [-0.39, 0.29) is 11.7 Å². The lowest BCUT2D eigenvalue weighted by Crippen LogP contribution is -2.25. The van der Waals surface area contributed by atoms with E-state index in [4.69, 9.17) is 0 Å². The molecule has 2 N–H and O–H groups in total. The Labute approximate surface area is 198 Å². The summed E-state index contributed by atoms with van der Waals surface area (Å²) in [7, 11) is 0. The topological polar surface area (TPSA) is 62.0 Å². The molecule has 0 unspecified atom stereocenters. The fraction of sp³-hybridized carbons (Fsp3) is 0.333. The van der Waals surface area contributed by atoms with Crippen molar-refractivity contribution in [3.8, 4) is 0 Å². The second-order valence-corrected chi connectivity index (χ2v) is 9.28. The summed E-state index contributed by atoms with van der Waals surface area (Å²) in [5, 5.41) is 3.97. The molecule has 4 nitrogen and oxygen atoms in total. The molecule has 2 aromatic carbocycles. The predicted molar refractivity (Wildman–Crippen MR) is 137 cm³/mol. The zero-order valence-electron chi connectivity index (χ0n) is 19.3. The molecule has 0 saturated carbocycles. The molecule has 32 heavy (non-hydrogen) atoms. The summed E-state index contributed by atoms with van der Waals surface area (Å²) in [5.41, 5.74) is 7.14. The average Bonchev–Trinajstić information content (AvgIpc) is 3.12. The summed E-state index contributed by atoms with van der Waals surface area (Å²) in [6.45, 7) is 8.46. The average molecular weight is 495 g/mol. The number of ketones is 1. The maximum Gasteiger partial charge on any atom is 0.254 e. The van der Waals surface area contributed by atoms with Crippen LogP contribution in [0.2, 0.25) is 0 Å². The van der Waals surface area contributed by atoms with Crippen LogP contribution in [0.5, 0.6) is 0 Å². The highest BCUT2D eigenvalue weighted by Crippen LogP contribution is 2.32. The fourth-order valence-electron chi connectivity index (χ4n) is 3.89. The second kappa shape index (κ2) is 10.8. The number of nitrogens with one attached hydrogen (secondary N) is 2. The molecule has 0 fully saturated rings. The molecular formula is C27H31BrN2O2. The zero-order chi connectivity index (χ0) is 23.3. The van der Waals surface area contributed by atoms with E-state index in [1.807, 2.05) is 18.2 Å². The first-order valence-electron chi connectivity index (χ1n) is 11.2. The summed E-state index contributed by atoms with van der Waals surface area (Å²) < 4.78 is 0.963. The van der Waals surface area contributed by atoms with Gasteiger partial charge in [-0.2, -0.15) is 0 Å². The van der Waals surface area contributed by atoms with Crippen LogP contribution in [0.25, 0.3) is 22.6 Å². The number of rotatable bonds is 9. The highest BCUT2D eigenvalue weighted by molar-refractivity contribution is 9.10. The van der Waals surface area contributed by atoms with Gasteiger partial charge in [-0.25, -0.2) is 0 Å². The zero-order valence-corrected chi connectivity index (χ0v) is 20.9. The summed E-state index contributed by atoms with van der Waals surface area (Å²) in [5.74, 6) is 0.0988. The van der Waals surface area contributed by atoms with E-state index in [2.05, 4.69) is 71.3 Å². The van der Waals surface area contributed by atoms with Gasteiger partial charge in [-0.1, -0.05) is 52.7 Å². The van der Waals surface area contributed by atoms with Gasteiger partial charge in [0.1, 0.15) is 5.78 Å². The monoisotopic (exact) mass is 494 g/mol. The van der Waals surface area contributed by atoms with Gasteiger partial charge in [-0.3, -0.25) is 4.79 Å². The highest BCUT2D eigenvalue weighted by atomic mass is 79.9. The second-order valence-electron chi connectivity index (χ2n) is 8.36. The number of carbonyl (C=O) groups excluding carboxylic acids is 2. The van der Waals surface area contributed by atoms with Crippen molar-refractivity contribution in [2.75, 3.05) is 6.54 Å². The summed E-state index contributed by atoms with van der Waals surface area (Å²) in [4.78, 5) is 27.9. The van der Waals surface area contributed by atoms with Crippen LogP contribution in [-0.4, -0.2) is 23.2 Å². The van der Waals surface area contributed by atoms with Crippen molar-refractivity contribution in [1.82, 2.24) is 10.3 Å². The van der Waals surface area contributed by atoms with E-state index in [0.29, 0.717) is 18.5 Å². The van der Waals surface area contributed by atoms with Crippen LogP contribution in [0.3, 0.4) is 0 Å². The summed E-state index contributed by atoms with van der Waals surface area (Å²) in [6.07, 6.45) is 5.11. The molecule has 3 aromatic rings. The Kier molecular flexibility index (Phi) is 8.08. The minimum atomic E-state index is -0.0864. The number of carbonyl (C=O) groups is 2. The van der Waals surface area contributed by atoms with Crippen LogP contribution in [0.4, 0.5) is 0 Å². The molecule has 0 bridgehead atoms. The van der Waals surface area contributed by atoms with Gasteiger partial charge in [0.25, 0.3) is 5.91 Å². The van der Waals surface area contributed by atoms with Gasteiger partial charge >= 0.3 is 0 Å². The van der Waals surface area contributed by atoms with Gasteiger partial charge in [0, 0.05) is 28.3 Å². The molecular weight excluding hydrogens is 464 g/mol. The molecule has 1 amide bonds. The summed E-state index contributed by atoms with van der Waals surface area (Å²) in [6, 6.07) is 12.4. The Morgan fingerprint density at radius 2 is 1.88 bits per heavy atom. The van der Waals surface area contributed by atoms with E-state index in [1.54, 1.807) is 6.92 Å². The van der Waals surface area contributed by atoms with Gasteiger partial charge in [0.05, 0.1) is 11.3 Å². The third-order valence-electron chi connectivity index (χ3n) is 5.70. The predicted octanol–water partition coefficient (Wildman–Crippen LogP) is 6.99. The maximum atomic E-state index is 13.3. The number of H-pyrrole nitrogens is 1. The SMILES string of the molecule is CC/C(=C\c1cc(C)ccc1C)c1[nH]c2cc(Br)ccc2c1C(=O)NCCCCC(C)=O. The number of Topliss-reactive ketones (excluding diaryl/α,β-unsaturated/α-hetero) is 1. The third-order valence-corrected chi connectivity index (χ3v) is 6.19. The van der Waals surface area contributed by atoms with Crippen LogP contribution >= 0.6 is 15.9 Å². The number of aromatic amines is 1. The van der Waals surface area contributed by atoms with Crippen molar-refractivity contribution in [3.63, 3.8) is 0 Å². The number of unbranched alkanes of at least 4 members (excludes halogenated alkanes) is 1. The van der Waals surface area contributed by atoms with Gasteiger partial charge in [-0.05, 0) is 74.9 Å². The number of allylic oxidation sites excluding steroid dienone is 1. The van der Waals surface area contributed by atoms with E-state index >= 15 is 0 Å². The van der Waals surface area contributed by atoms with Crippen molar-refractivity contribution in [2.24, 2.45) is 0 Å². The first-order valence-corrected chi connectivity index (χ1v) is 12.0. The molecule has 0 radical (unpaired) electrons. The van der Waals surface area contributed by atoms with Crippen LogP contribution < -0.4 is 5.32 Å². The number of hydrogen-bond acceptors (Lipinski definition) is 2. The van der Waals surface area contributed by atoms with Gasteiger partial charge in [0.2, 0.25) is 0 Å². The van der Waals surface area contributed by atoms with Gasteiger partial charge in [0.15, 0.2) is 0 Å². The molecule has 168 valence electrons. The maximum absolute atomic E-state index is 13.3. The Hall–Kier alpha value is -2.66. The lowest BCUT2D eigenvalue weighted by atomic mass is 9.98. The number of hydrogen-bond donors (Lipinski definition) is 2. The van der Waals surface area contributed by atoms with Crippen LogP contribution in [-0.2, 0) is 4.79 Å². The molecule has 0 saturated heterocycles. The lowest BCUT2D eigenvalue weighted by molar-refractivity contribution is -0.117. The number of aromatic nitrogens is 1. The van der Waals surface area contributed by atoms with E-state index in [1.165, 1.54) is 11.1 Å².